The maximum absolute atomic E-state index is 9.06. The monoisotopic (exact) mass is 168 g/mol. The first kappa shape index (κ1) is 11.4. The molecule has 0 saturated heterocycles. The van der Waals surface area contributed by atoms with Crippen LogP contribution < -0.4 is 0 Å². The van der Waals surface area contributed by atoms with E-state index in [9.17, 15) is 0 Å². The van der Waals surface area contributed by atoms with Crippen molar-refractivity contribution in [3.63, 3.8) is 0 Å². The fourth-order valence-corrected chi connectivity index (χ4v) is 1.00. The first-order valence-corrected chi connectivity index (χ1v) is 4.78. The highest BCUT2D eigenvalue weighted by atomic mass is 16.3. The molecule has 0 spiro atoms. The number of aliphatic hydroxyl groups is 1. The molecule has 0 fully saturated rings. The van der Waals surface area contributed by atoms with Gasteiger partial charge < -0.3 is 5.11 Å². The summed E-state index contributed by atoms with van der Waals surface area (Å²) in [6.45, 7) is 5.69. The minimum absolute atomic E-state index is 0.462. The standard InChI is InChI=1S/C11H20O/c1-3-5-6-7-8-9-10-11(12)4-2/h4,9-12H,2-3,5-8H2,1H3/b10-9-/t11-/m1/s1. The van der Waals surface area contributed by atoms with Gasteiger partial charge in [-0.05, 0) is 12.8 Å². The predicted molar refractivity (Wildman–Crippen MR) is 54.1 cm³/mol. The van der Waals surface area contributed by atoms with Crippen molar-refractivity contribution in [1.82, 2.24) is 0 Å². The Bertz CT molecular complexity index is 127. The van der Waals surface area contributed by atoms with Gasteiger partial charge in [0.1, 0.15) is 0 Å². The van der Waals surface area contributed by atoms with Crippen LogP contribution in [0.1, 0.15) is 39.0 Å². The van der Waals surface area contributed by atoms with Crippen LogP contribution in [0.2, 0.25) is 0 Å². The minimum Gasteiger partial charge on any atom is -0.385 e. The summed E-state index contributed by atoms with van der Waals surface area (Å²) >= 11 is 0. The summed E-state index contributed by atoms with van der Waals surface area (Å²) in [6, 6.07) is 0. The van der Waals surface area contributed by atoms with Crippen LogP contribution in [0.5, 0.6) is 0 Å². The first-order chi connectivity index (χ1) is 5.81. The van der Waals surface area contributed by atoms with E-state index in [1.165, 1.54) is 31.8 Å². The first-order valence-electron chi connectivity index (χ1n) is 4.78. The molecule has 70 valence electrons. The smallest absolute Gasteiger partial charge is 0.0899 e. The van der Waals surface area contributed by atoms with Gasteiger partial charge in [-0.25, -0.2) is 0 Å². The van der Waals surface area contributed by atoms with Gasteiger partial charge in [0.15, 0.2) is 0 Å². The molecule has 0 aromatic heterocycles. The zero-order valence-electron chi connectivity index (χ0n) is 8.00. The number of allylic oxidation sites excluding steroid dienone is 1. The van der Waals surface area contributed by atoms with E-state index in [0.29, 0.717) is 0 Å². The van der Waals surface area contributed by atoms with Crippen molar-refractivity contribution in [3.05, 3.63) is 24.8 Å². The number of unbranched alkanes of at least 4 members (excludes halogenated alkanes) is 4. The van der Waals surface area contributed by atoms with E-state index >= 15 is 0 Å². The molecule has 0 bridgehead atoms. The topological polar surface area (TPSA) is 20.2 Å². The van der Waals surface area contributed by atoms with Crippen LogP contribution in [-0.2, 0) is 0 Å². The summed E-state index contributed by atoms with van der Waals surface area (Å²) in [7, 11) is 0. The zero-order chi connectivity index (χ0) is 9.23. The number of rotatable bonds is 7. The van der Waals surface area contributed by atoms with Gasteiger partial charge in [-0.1, -0.05) is 44.4 Å². The van der Waals surface area contributed by atoms with Crippen molar-refractivity contribution in [3.8, 4) is 0 Å². The van der Waals surface area contributed by atoms with E-state index < -0.39 is 6.10 Å². The van der Waals surface area contributed by atoms with Crippen LogP contribution in [0.25, 0.3) is 0 Å². The Balaban J connectivity index is 3.18. The van der Waals surface area contributed by atoms with Crippen LogP contribution in [-0.4, -0.2) is 11.2 Å². The van der Waals surface area contributed by atoms with Crippen molar-refractivity contribution in [2.75, 3.05) is 0 Å². The summed E-state index contributed by atoms with van der Waals surface area (Å²) in [4.78, 5) is 0. The van der Waals surface area contributed by atoms with Crippen molar-refractivity contribution < 1.29 is 5.11 Å². The van der Waals surface area contributed by atoms with Gasteiger partial charge in [0.05, 0.1) is 6.10 Å². The van der Waals surface area contributed by atoms with Gasteiger partial charge in [-0.2, -0.15) is 0 Å². The minimum atomic E-state index is -0.462. The molecule has 0 aliphatic carbocycles. The molecule has 1 N–H and O–H groups in total. The fourth-order valence-electron chi connectivity index (χ4n) is 1.00. The third-order valence-electron chi connectivity index (χ3n) is 1.80. The molecule has 0 heterocycles. The molecule has 0 amide bonds. The average Bonchev–Trinajstić information content (AvgIpc) is 2.10. The third-order valence-corrected chi connectivity index (χ3v) is 1.80. The molecule has 0 rings (SSSR count). The molecule has 12 heavy (non-hydrogen) atoms. The van der Waals surface area contributed by atoms with Crippen molar-refractivity contribution in [1.29, 1.82) is 0 Å². The second-order valence-electron chi connectivity index (χ2n) is 3.00. The molecular formula is C11H20O. The molecule has 1 atom stereocenters. The Morgan fingerprint density at radius 1 is 1.33 bits per heavy atom. The van der Waals surface area contributed by atoms with Crippen LogP contribution >= 0.6 is 0 Å². The molecule has 1 nitrogen and oxygen atoms in total. The highest BCUT2D eigenvalue weighted by Crippen LogP contribution is 2.03. The molecule has 0 radical (unpaired) electrons. The Hall–Kier alpha value is -0.560. The van der Waals surface area contributed by atoms with Gasteiger partial charge in [0.25, 0.3) is 0 Å². The summed E-state index contributed by atoms with van der Waals surface area (Å²) in [6.07, 6.45) is 11.1. The maximum Gasteiger partial charge on any atom is 0.0899 e. The fraction of sp³-hybridized carbons (Fsp3) is 0.636. The van der Waals surface area contributed by atoms with Gasteiger partial charge >= 0.3 is 0 Å². The lowest BCUT2D eigenvalue weighted by atomic mass is 10.1. The number of aliphatic hydroxyl groups excluding tert-OH is 1. The van der Waals surface area contributed by atoms with Crippen LogP contribution in [0, 0.1) is 0 Å². The number of hydrogen-bond donors (Lipinski definition) is 1. The summed E-state index contributed by atoms with van der Waals surface area (Å²) in [5.74, 6) is 0. The van der Waals surface area contributed by atoms with E-state index in [4.69, 9.17) is 5.11 Å². The number of hydrogen-bond acceptors (Lipinski definition) is 1. The highest BCUT2D eigenvalue weighted by molar-refractivity contribution is 4.97. The van der Waals surface area contributed by atoms with Gasteiger partial charge in [0.2, 0.25) is 0 Å². The molecule has 1 heteroatoms. The van der Waals surface area contributed by atoms with Gasteiger partial charge in [0, 0.05) is 0 Å². The molecule has 0 aliphatic rings. The largest absolute Gasteiger partial charge is 0.385 e. The van der Waals surface area contributed by atoms with E-state index in [-0.39, 0.29) is 0 Å². The lowest BCUT2D eigenvalue weighted by molar-refractivity contribution is 0.271. The van der Waals surface area contributed by atoms with E-state index in [2.05, 4.69) is 13.5 Å². The molecular weight excluding hydrogens is 148 g/mol. The lowest BCUT2D eigenvalue weighted by Crippen LogP contribution is -1.93. The molecule has 0 saturated carbocycles. The lowest BCUT2D eigenvalue weighted by Gasteiger charge is -1.96. The summed E-state index contributed by atoms with van der Waals surface area (Å²) in [5, 5.41) is 9.06. The van der Waals surface area contributed by atoms with Crippen LogP contribution in [0.4, 0.5) is 0 Å². The maximum atomic E-state index is 9.06. The SMILES string of the molecule is C=C[C@@H](O)/C=C\CCCCCC. The van der Waals surface area contributed by atoms with Crippen molar-refractivity contribution >= 4 is 0 Å². The summed E-state index contributed by atoms with van der Waals surface area (Å²) in [5.41, 5.74) is 0. The van der Waals surface area contributed by atoms with Gasteiger partial charge in [-0.3, -0.25) is 0 Å². The van der Waals surface area contributed by atoms with E-state index in [0.717, 1.165) is 6.42 Å². The normalized spacial score (nSPS) is 13.5. The van der Waals surface area contributed by atoms with Gasteiger partial charge in [-0.15, -0.1) is 6.58 Å². The second-order valence-corrected chi connectivity index (χ2v) is 3.00. The summed E-state index contributed by atoms with van der Waals surface area (Å²) < 4.78 is 0. The average molecular weight is 168 g/mol. The highest BCUT2D eigenvalue weighted by Gasteiger charge is 1.88. The Kier molecular flexibility index (Phi) is 8.14. The Labute approximate surface area is 75.8 Å². The Morgan fingerprint density at radius 3 is 2.67 bits per heavy atom. The predicted octanol–water partition coefficient (Wildman–Crippen LogP) is 3.06. The molecule has 0 aromatic rings. The second kappa shape index (κ2) is 8.54. The molecule has 0 unspecified atom stereocenters. The van der Waals surface area contributed by atoms with Crippen LogP contribution in [0.3, 0.4) is 0 Å². The third kappa shape index (κ3) is 7.55. The van der Waals surface area contributed by atoms with Crippen molar-refractivity contribution in [2.45, 2.75) is 45.1 Å². The van der Waals surface area contributed by atoms with E-state index in [1.807, 2.05) is 6.08 Å². The zero-order valence-corrected chi connectivity index (χ0v) is 8.00. The molecule has 0 aromatic carbocycles. The Morgan fingerprint density at radius 2 is 2.08 bits per heavy atom. The van der Waals surface area contributed by atoms with Crippen LogP contribution in [0.15, 0.2) is 24.8 Å². The van der Waals surface area contributed by atoms with Crippen molar-refractivity contribution in [2.24, 2.45) is 0 Å². The van der Waals surface area contributed by atoms with E-state index in [1.54, 1.807) is 6.08 Å². The quantitative estimate of drug-likeness (QED) is 0.457. The molecule has 0 aliphatic heterocycles.